The van der Waals surface area contributed by atoms with Crippen molar-refractivity contribution in [1.29, 1.82) is 0 Å². The summed E-state index contributed by atoms with van der Waals surface area (Å²) in [6, 6.07) is 66.3. The molecule has 2 N–H and O–H groups in total. The van der Waals surface area contributed by atoms with E-state index in [1.807, 2.05) is 72.8 Å². The Morgan fingerprint density at radius 2 is 0.422 bits per heavy atom. The van der Waals surface area contributed by atoms with Gasteiger partial charge in [0.05, 0.1) is 22.1 Å². The Bertz CT molecular complexity index is 3330. The Morgan fingerprint density at radius 3 is 0.656 bits per heavy atom. The molecule has 0 spiro atoms. The zero-order valence-corrected chi connectivity index (χ0v) is 34.2. The number of rotatable bonds is 4. The SMILES string of the molecule is c1ccc(-c2c3nc(c(-c4ccccc4)c4ccc([nH]4)c(-c4ccccc4)c4nc(c(-c5ccccc5)c5ccc2[nH]5)-c2nc5ccccc5nc2-4)-c2nc4ccccc4nc2-3)cc1. The zero-order valence-electron chi connectivity index (χ0n) is 34.2. The number of H-pyrrole nitrogens is 2. The smallest absolute Gasteiger partial charge is 0.118 e. The summed E-state index contributed by atoms with van der Waals surface area (Å²) in [5.41, 5.74) is 20.0. The van der Waals surface area contributed by atoms with Gasteiger partial charge in [-0.25, -0.2) is 29.9 Å². The van der Waals surface area contributed by atoms with Crippen LogP contribution in [0.15, 0.2) is 194 Å². The van der Waals surface area contributed by atoms with Gasteiger partial charge in [-0.05, 0) is 70.8 Å². The average molecular weight is 819 g/mol. The van der Waals surface area contributed by atoms with E-state index in [1.54, 1.807) is 0 Å². The minimum Gasteiger partial charge on any atom is -0.354 e. The van der Waals surface area contributed by atoms with Crippen LogP contribution >= 0.6 is 0 Å². The summed E-state index contributed by atoms with van der Waals surface area (Å²) in [6.07, 6.45) is 0. The lowest BCUT2D eigenvalue weighted by Gasteiger charge is -2.09. The van der Waals surface area contributed by atoms with Crippen molar-refractivity contribution in [3.8, 4) is 90.1 Å². The minimum atomic E-state index is 0.715. The highest BCUT2D eigenvalue weighted by Crippen LogP contribution is 2.48. The molecule has 13 rings (SSSR count). The molecule has 11 aromatic rings. The molecule has 2 aliphatic rings. The van der Waals surface area contributed by atoms with Crippen LogP contribution in [0.4, 0.5) is 0 Å². The average Bonchev–Trinajstić information content (AvgIpc) is 4.17. The van der Waals surface area contributed by atoms with Gasteiger partial charge in [-0.1, -0.05) is 146 Å². The Morgan fingerprint density at radius 1 is 0.203 bits per heavy atom. The molecule has 0 fully saturated rings. The molecule has 0 saturated heterocycles. The van der Waals surface area contributed by atoms with Crippen molar-refractivity contribution in [2.45, 2.75) is 0 Å². The van der Waals surface area contributed by atoms with Crippen molar-refractivity contribution in [1.82, 2.24) is 39.9 Å². The molecule has 0 radical (unpaired) electrons. The Kier molecular flexibility index (Phi) is 8.04. The molecule has 8 nitrogen and oxygen atoms in total. The summed E-state index contributed by atoms with van der Waals surface area (Å²) in [6.45, 7) is 0. The molecule has 2 aliphatic heterocycles. The number of para-hydroxylation sites is 4. The van der Waals surface area contributed by atoms with Gasteiger partial charge in [-0.3, -0.25) is 0 Å². The standard InChI is InChI=1S/C56H34N8/c1-5-17-33(18-6-1)45-41-29-30-42(57-41)46(34-19-7-2-8-20-34)51-55-56(62-40-28-16-15-27-39(40)61-55)52(64-51)48(36-23-11-4-12-24-36)44-32-31-43(58-44)47(35-21-9-3-10-22-35)50-54-53(49(45)63-50)59-37-25-13-14-26-38(37)60-54/h1-32,57-58H. The quantitative estimate of drug-likeness (QED) is 0.183. The lowest BCUT2D eigenvalue weighted by Crippen LogP contribution is -1.93. The van der Waals surface area contributed by atoms with Gasteiger partial charge in [0.25, 0.3) is 0 Å². The van der Waals surface area contributed by atoms with Crippen molar-refractivity contribution in [3.63, 3.8) is 0 Å². The third-order valence-corrected chi connectivity index (χ3v) is 12.1. The highest BCUT2D eigenvalue weighted by molar-refractivity contribution is 6.06. The fourth-order valence-electron chi connectivity index (χ4n) is 9.27. The van der Waals surface area contributed by atoms with E-state index in [0.29, 0.717) is 22.8 Å². The van der Waals surface area contributed by atoms with Gasteiger partial charge in [0.2, 0.25) is 0 Å². The molecular weight excluding hydrogens is 785 g/mol. The Balaban J connectivity index is 1.30. The first-order valence-electron chi connectivity index (χ1n) is 21.3. The van der Waals surface area contributed by atoms with E-state index in [0.717, 1.165) is 111 Å². The number of aromatic amines is 2. The number of nitrogens with one attached hydrogen (secondary N) is 2. The second kappa shape index (κ2) is 14.4. The number of aromatic nitrogens is 8. The first-order valence-corrected chi connectivity index (χ1v) is 21.3. The maximum atomic E-state index is 5.68. The van der Waals surface area contributed by atoms with E-state index in [9.17, 15) is 0 Å². The van der Waals surface area contributed by atoms with Crippen molar-refractivity contribution in [3.05, 3.63) is 194 Å². The van der Waals surface area contributed by atoms with E-state index in [4.69, 9.17) is 29.9 Å². The molecule has 5 aromatic heterocycles. The van der Waals surface area contributed by atoms with Crippen molar-refractivity contribution in [2.24, 2.45) is 0 Å². The monoisotopic (exact) mass is 818 g/mol. The predicted octanol–water partition coefficient (Wildman–Crippen LogP) is 13.5. The molecule has 64 heavy (non-hydrogen) atoms. The molecule has 8 heteroatoms. The molecule has 7 heterocycles. The van der Waals surface area contributed by atoms with Crippen LogP contribution in [0.25, 0.3) is 134 Å². The Labute approximate surface area is 366 Å². The third kappa shape index (κ3) is 5.70. The van der Waals surface area contributed by atoms with Gasteiger partial charge < -0.3 is 9.97 Å². The minimum absolute atomic E-state index is 0.715. The molecule has 0 saturated carbocycles. The maximum absolute atomic E-state index is 5.68. The largest absolute Gasteiger partial charge is 0.354 e. The second-order valence-corrected chi connectivity index (χ2v) is 16.0. The fourth-order valence-corrected chi connectivity index (χ4v) is 9.27. The highest BCUT2D eigenvalue weighted by atomic mass is 15.0. The zero-order chi connectivity index (χ0) is 42.1. The van der Waals surface area contributed by atoms with Crippen LogP contribution in [0, 0.1) is 0 Å². The van der Waals surface area contributed by atoms with Gasteiger partial charge >= 0.3 is 0 Å². The summed E-state index contributed by atoms with van der Waals surface area (Å²) in [4.78, 5) is 40.7. The number of nitrogens with zero attached hydrogens (tertiary/aromatic N) is 6. The van der Waals surface area contributed by atoms with Gasteiger partial charge in [0.15, 0.2) is 0 Å². The normalized spacial score (nSPS) is 11.8. The summed E-state index contributed by atoms with van der Waals surface area (Å²) < 4.78 is 0. The lowest BCUT2D eigenvalue weighted by molar-refractivity contribution is 1.32. The van der Waals surface area contributed by atoms with Crippen LogP contribution in [-0.2, 0) is 0 Å². The van der Waals surface area contributed by atoms with Crippen LogP contribution < -0.4 is 0 Å². The topological polar surface area (TPSA) is 109 Å². The first kappa shape index (κ1) is 35.8. The maximum Gasteiger partial charge on any atom is 0.118 e. The van der Waals surface area contributed by atoms with Crippen LogP contribution in [0.2, 0.25) is 0 Å². The lowest BCUT2D eigenvalue weighted by atomic mass is 10.00. The predicted molar refractivity (Wildman–Crippen MR) is 258 cm³/mol. The van der Waals surface area contributed by atoms with Crippen molar-refractivity contribution in [2.75, 3.05) is 0 Å². The van der Waals surface area contributed by atoms with Gasteiger partial charge in [0.1, 0.15) is 45.6 Å². The summed E-state index contributed by atoms with van der Waals surface area (Å²) in [5, 5.41) is 0. The van der Waals surface area contributed by atoms with Crippen LogP contribution in [0.1, 0.15) is 0 Å². The summed E-state index contributed by atoms with van der Waals surface area (Å²) in [5.74, 6) is 0. The van der Waals surface area contributed by atoms with Crippen molar-refractivity contribution >= 4 is 44.1 Å². The number of hydrogen-bond donors (Lipinski definition) is 2. The van der Waals surface area contributed by atoms with Gasteiger partial charge in [-0.2, -0.15) is 0 Å². The molecule has 0 aliphatic carbocycles. The van der Waals surface area contributed by atoms with Crippen molar-refractivity contribution < 1.29 is 0 Å². The van der Waals surface area contributed by atoms with E-state index < -0.39 is 0 Å². The van der Waals surface area contributed by atoms with Gasteiger partial charge in [-0.15, -0.1) is 0 Å². The molecule has 298 valence electrons. The molecule has 6 aromatic carbocycles. The second-order valence-electron chi connectivity index (χ2n) is 16.0. The van der Waals surface area contributed by atoms with Crippen LogP contribution in [-0.4, -0.2) is 39.9 Å². The molecule has 8 bridgehead atoms. The number of fused-ring (bicyclic) bond motifs is 16. The molecule has 0 atom stereocenters. The summed E-state index contributed by atoms with van der Waals surface area (Å²) in [7, 11) is 0. The Hall–Kier alpha value is -8.88. The molecule has 0 amide bonds. The highest BCUT2D eigenvalue weighted by Gasteiger charge is 2.31. The van der Waals surface area contributed by atoms with E-state index in [2.05, 4.69) is 131 Å². The number of hydrogen-bond acceptors (Lipinski definition) is 6. The number of benzene rings is 6. The summed E-state index contributed by atoms with van der Waals surface area (Å²) >= 11 is 0. The van der Waals surface area contributed by atoms with E-state index in [-0.39, 0.29) is 0 Å². The van der Waals surface area contributed by atoms with Crippen LogP contribution in [0.3, 0.4) is 0 Å². The third-order valence-electron chi connectivity index (χ3n) is 12.1. The van der Waals surface area contributed by atoms with Gasteiger partial charge in [0, 0.05) is 44.3 Å². The molecule has 0 unspecified atom stereocenters. The van der Waals surface area contributed by atoms with E-state index >= 15 is 0 Å². The fraction of sp³-hybridized carbons (Fsp3) is 0. The van der Waals surface area contributed by atoms with Crippen LogP contribution in [0.5, 0.6) is 0 Å². The van der Waals surface area contributed by atoms with E-state index in [1.165, 1.54) is 0 Å². The first-order chi connectivity index (χ1) is 31.7. The molecular formula is C56H34N8.